The van der Waals surface area contributed by atoms with Crippen LogP contribution in [0.5, 0.6) is 5.75 Å². The highest BCUT2D eigenvalue weighted by Crippen LogP contribution is 2.28. The van der Waals surface area contributed by atoms with Crippen molar-refractivity contribution in [2.45, 2.75) is 12.7 Å². The minimum atomic E-state index is -4.65. The molecule has 20 heavy (non-hydrogen) atoms. The van der Waals surface area contributed by atoms with E-state index in [9.17, 15) is 13.2 Å². The van der Waals surface area contributed by atoms with Gasteiger partial charge in [0.25, 0.3) is 0 Å². The van der Waals surface area contributed by atoms with E-state index in [1.165, 1.54) is 18.2 Å². The van der Waals surface area contributed by atoms with Gasteiger partial charge in [0.05, 0.1) is 0 Å². The molecule has 1 heterocycles. The first-order chi connectivity index (χ1) is 9.34. The van der Waals surface area contributed by atoms with Gasteiger partial charge < -0.3 is 10.4 Å². The molecule has 1 aromatic carbocycles. The van der Waals surface area contributed by atoms with Crippen LogP contribution in [0.4, 0.5) is 19.0 Å². The standard InChI is InChI=1S/C12H9ClF3N3O/c13-9-5-10(19-11(18-9)12(14,15)16)17-6-7-1-3-8(20)4-2-7/h1-5,20H,6H2,(H,17,18,19). The number of nitrogens with zero attached hydrogens (tertiary/aromatic N) is 2. The second kappa shape index (κ2) is 5.54. The van der Waals surface area contributed by atoms with Gasteiger partial charge in [-0.05, 0) is 17.7 Å². The molecule has 0 saturated carbocycles. The van der Waals surface area contributed by atoms with Crippen LogP contribution in [0.1, 0.15) is 11.4 Å². The number of phenolic OH excluding ortho intramolecular Hbond substituents is 1. The number of hydrogen-bond donors (Lipinski definition) is 2. The first kappa shape index (κ1) is 14.4. The Hall–Kier alpha value is -2.02. The number of aromatic nitrogens is 2. The van der Waals surface area contributed by atoms with Gasteiger partial charge in [-0.3, -0.25) is 0 Å². The number of anilines is 1. The number of hydrogen-bond acceptors (Lipinski definition) is 4. The second-order valence-electron chi connectivity index (χ2n) is 3.92. The van der Waals surface area contributed by atoms with Crippen molar-refractivity contribution in [2.24, 2.45) is 0 Å². The largest absolute Gasteiger partial charge is 0.508 e. The quantitative estimate of drug-likeness (QED) is 0.853. The number of nitrogens with one attached hydrogen (secondary N) is 1. The summed E-state index contributed by atoms with van der Waals surface area (Å²) in [6.45, 7) is 0.241. The van der Waals surface area contributed by atoms with Crippen molar-refractivity contribution in [3.63, 3.8) is 0 Å². The van der Waals surface area contributed by atoms with Gasteiger partial charge in [0.1, 0.15) is 16.7 Å². The molecule has 1 aromatic heterocycles. The van der Waals surface area contributed by atoms with E-state index in [1.807, 2.05) is 0 Å². The lowest BCUT2D eigenvalue weighted by molar-refractivity contribution is -0.144. The third kappa shape index (κ3) is 3.74. The van der Waals surface area contributed by atoms with E-state index in [0.717, 1.165) is 5.56 Å². The van der Waals surface area contributed by atoms with Gasteiger partial charge in [-0.2, -0.15) is 13.2 Å². The van der Waals surface area contributed by atoms with Crippen molar-refractivity contribution in [1.29, 1.82) is 0 Å². The van der Waals surface area contributed by atoms with Crippen LogP contribution in [-0.2, 0) is 12.7 Å². The average molecular weight is 304 g/mol. The highest BCUT2D eigenvalue weighted by molar-refractivity contribution is 6.29. The zero-order valence-electron chi connectivity index (χ0n) is 9.95. The molecule has 2 N–H and O–H groups in total. The molecule has 2 rings (SSSR count). The van der Waals surface area contributed by atoms with Crippen molar-refractivity contribution in [3.8, 4) is 5.75 Å². The van der Waals surface area contributed by atoms with Gasteiger partial charge in [-0.25, -0.2) is 9.97 Å². The van der Waals surface area contributed by atoms with Crippen molar-refractivity contribution in [3.05, 3.63) is 46.9 Å². The molecule has 0 spiro atoms. The van der Waals surface area contributed by atoms with Crippen LogP contribution in [-0.4, -0.2) is 15.1 Å². The first-order valence-electron chi connectivity index (χ1n) is 5.48. The van der Waals surface area contributed by atoms with Gasteiger partial charge in [-0.15, -0.1) is 0 Å². The number of halogens is 4. The van der Waals surface area contributed by atoms with E-state index >= 15 is 0 Å². The third-order valence-electron chi connectivity index (χ3n) is 2.36. The molecule has 0 atom stereocenters. The fraction of sp³-hybridized carbons (Fsp3) is 0.167. The molecule has 8 heteroatoms. The molecular formula is C12H9ClF3N3O. The molecule has 0 fully saturated rings. The van der Waals surface area contributed by atoms with E-state index < -0.39 is 12.0 Å². The minimum absolute atomic E-state index is 0.0228. The van der Waals surface area contributed by atoms with Crippen LogP contribution >= 0.6 is 11.6 Å². The summed E-state index contributed by atoms with van der Waals surface area (Å²) >= 11 is 5.53. The minimum Gasteiger partial charge on any atom is -0.508 e. The summed E-state index contributed by atoms with van der Waals surface area (Å²) in [5.41, 5.74) is 0.770. The molecule has 0 bridgehead atoms. The summed E-state index contributed by atoms with van der Waals surface area (Å²) < 4.78 is 37.5. The Balaban J connectivity index is 2.13. The molecule has 106 valence electrons. The zero-order chi connectivity index (χ0) is 14.8. The summed E-state index contributed by atoms with van der Waals surface area (Å²) in [6.07, 6.45) is -4.65. The molecule has 0 aliphatic heterocycles. The number of benzene rings is 1. The summed E-state index contributed by atoms with van der Waals surface area (Å²) in [4.78, 5) is 6.48. The molecule has 0 amide bonds. The Morgan fingerprint density at radius 3 is 2.40 bits per heavy atom. The SMILES string of the molecule is Oc1ccc(CNc2cc(Cl)nc(C(F)(F)F)n2)cc1. The van der Waals surface area contributed by atoms with Crippen LogP contribution in [0.25, 0.3) is 0 Å². The predicted molar refractivity (Wildman–Crippen MR) is 67.5 cm³/mol. The van der Waals surface area contributed by atoms with Gasteiger partial charge in [0, 0.05) is 12.6 Å². The van der Waals surface area contributed by atoms with E-state index in [2.05, 4.69) is 15.3 Å². The Bertz CT molecular complexity index is 602. The third-order valence-corrected chi connectivity index (χ3v) is 2.55. The Kier molecular flexibility index (Phi) is 3.99. The van der Waals surface area contributed by atoms with Crippen molar-refractivity contribution >= 4 is 17.4 Å². The normalized spacial score (nSPS) is 11.4. The van der Waals surface area contributed by atoms with Gasteiger partial charge in [-0.1, -0.05) is 23.7 Å². The lowest BCUT2D eigenvalue weighted by Gasteiger charge is -2.09. The predicted octanol–water partition coefficient (Wildman–Crippen LogP) is 3.47. The smallest absolute Gasteiger partial charge is 0.451 e. The molecule has 0 radical (unpaired) electrons. The van der Waals surface area contributed by atoms with E-state index in [4.69, 9.17) is 16.7 Å². The highest BCUT2D eigenvalue weighted by Gasteiger charge is 2.35. The maximum absolute atomic E-state index is 12.5. The van der Waals surface area contributed by atoms with Crippen molar-refractivity contribution < 1.29 is 18.3 Å². The zero-order valence-corrected chi connectivity index (χ0v) is 10.7. The molecule has 0 aliphatic rings. The number of alkyl halides is 3. The van der Waals surface area contributed by atoms with E-state index in [-0.39, 0.29) is 23.3 Å². The van der Waals surface area contributed by atoms with Gasteiger partial charge in [0.2, 0.25) is 5.82 Å². The van der Waals surface area contributed by atoms with Crippen LogP contribution in [0.15, 0.2) is 30.3 Å². The highest BCUT2D eigenvalue weighted by atomic mass is 35.5. The monoisotopic (exact) mass is 303 g/mol. The van der Waals surface area contributed by atoms with Crippen LogP contribution in [0, 0.1) is 0 Å². The maximum Gasteiger partial charge on any atom is 0.451 e. The molecule has 0 unspecified atom stereocenters. The lowest BCUT2D eigenvalue weighted by Crippen LogP contribution is -2.13. The van der Waals surface area contributed by atoms with Crippen molar-refractivity contribution in [2.75, 3.05) is 5.32 Å². The van der Waals surface area contributed by atoms with Crippen molar-refractivity contribution in [1.82, 2.24) is 9.97 Å². The fourth-order valence-corrected chi connectivity index (χ4v) is 1.62. The van der Waals surface area contributed by atoms with E-state index in [1.54, 1.807) is 12.1 Å². The molecule has 0 saturated heterocycles. The number of rotatable bonds is 3. The Labute approximate surface area is 117 Å². The first-order valence-corrected chi connectivity index (χ1v) is 5.86. The Morgan fingerprint density at radius 1 is 1.15 bits per heavy atom. The van der Waals surface area contributed by atoms with Crippen LogP contribution in [0.3, 0.4) is 0 Å². The van der Waals surface area contributed by atoms with Crippen LogP contribution in [0.2, 0.25) is 5.15 Å². The van der Waals surface area contributed by atoms with Gasteiger partial charge >= 0.3 is 6.18 Å². The Morgan fingerprint density at radius 2 is 1.80 bits per heavy atom. The summed E-state index contributed by atoms with van der Waals surface area (Å²) in [5.74, 6) is -1.21. The number of phenols is 1. The fourth-order valence-electron chi connectivity index (χ4n) is 1.44. The van der Waals surface area contributed by atoms with Crippen LogP contribution < -0.4 is 5.32 Å². The van der Waals surface area contributed by atoms with E-state index in [0.29, 0.717) is 0 Å². The maximum atomic E-state index is 12.5. The average Bonchev–Trinajstić information content (AvgIpc) is 2.36. The molecule has 4 nitrogen and oxygen atoms in total. The molecule has 0 aliphatic carbocycles. The van der Waals surface area contributed by atoms with Gasteiger partial charge in [0.15, 0.2) is 0 Å². The molecule has 2 aromatic rings. The summed E-state index contributed by atoms with van der Waals surface area (Å²) in [5, 5.41) is 11.5. The summed E-state index contributed by atoms with van der Waals surface area (Å²) in [6, 6.07) is 7.43. The molecular weight excluding hydrogens is 295 g/mol. The summed E-state index contributed by atoms with van der Waals surface area (Å²) in [7, 11) is 0. The topological polar surface area (TPSA) is 58.0 Å². The second-order valence-corrected chi connectivity index (χ2v) is 4.30. The number of aromatic hydroxyl groups is 1. The lowest BCUT2D eigenvalue weighted by atomic mass is 10.2.